The Morgan fingerprint density at radius 2 is 2.20 bits per heavy atom. The summed E-state index contributed by atoms with van der Waals surface area (Å²) in [5, 5.41) is 0. The Morgan fingerprint density at radius 3 is 2.80 bits per heavy atom. The molecule has 0 saturated carbocycles. The van der Waals surface area contributed by atoms with Gasteiger partial charge in [-0.25, -0.2) is 0 Å². The summed E-state index contributed by atoms with van der Waals surface area (Å²) in [4.78, 5) is 0. The van der Waals surface area contributed by atoms with Crippen LogP contribution < -0.4 is 0 Å². The van der Waals surface area contributed by atoms with Gasteiger partial charge in [0.25, 0.3) is 0 Å². The minimum atomic E-state index is -0.408. The van der Waals surface area contributed by atoms with Crippen LogP contribution in [0, 0.1) is 11.8 Å². The molecule has 0 spiro atoms. The highest BCUT2D eigenvalue weighted by molar-refractivity contribution is 4.79. The average Bonchev–Trinajstić information content (AvgIpc) is 2.19. The Bertz CT molecular complexity index is 211. The lowest BCUT2D eigenvalue weighted by atomic mass is 9.95. The number of allylic oxidation sites excluding steroid dienone is 1. The molecule has 1 aliphatic heterocycles. The highest BCUT2D eigenvalue weighted by Crippen LogP contribution is 2.29. The second-order valence-electron chi connectivity index (χ2n) is 5.13. The van der Waals surface area contributed by atoms with Crippen molar-refractivity contribution in [3.63, 3.8) is 0 Å². The van der Waals surface area contributed by atoms with Crippen LogP contribution in [0.1, 0.15) is 40.5 Å². The van der Waals surface area contributed by atoms with E-state index >= 15 is 0 Å². The van der Waals surface area contributed by atoms with Crippen molar-refractivity contribution in [2.75, 3.05) is 6.61 Å². The first-order valence-electron chi connectivity index (χ1n) is 5.89. The van der Waals surface area contributed by atoms with Crippen LogP contribution in [0.25, 0.3) is 0 Å². The average molecular weight is 212 g/mol. The highest BCUT2D eigenvalue weighted by Gasteiger charge is 2.33. The predicted molar refractivity (Wildman–Crippen MR) is 62.7 cm³/mol. The molecule has 1 saturated heterocycles. The quantitative estimate of drug-likeness (QED) is 0.665. The standard InChI is InChI=1S/C13H24O2/c1-6-10(2)7-8-12-11(3)9-14-13(4,5)15-12/h6,10-12H,1,7-9H2,2-5H3/t10-,11-,12+/m1/s1. The molecule has 0 aromatic heterocycles. The van der Waals surface area contributed by atoms with E-state index in [1.54, 1.807) is 0 Å². The van der Waals surface area contributed by atoms with Crippen molar-refractivity contribution in [3.8, 4) is 0 Å². The topological polar surface area (TPSA) is 18.5 Å². The molecular formula is C13H24O2. The molecule has 0 N–H and O–H groups in total. The fourth-order valence-corrected chi connectivity index (χ4v) is 1.84. The second kappa shape index (κ2) is 5.13. The van der Waals surface area contributed by atoms with E-state index in [4.69, 9.17) is 9.47 Å². The smallest absolute Gasteiger partial charge is 0.163 e. The van der Waals surface area contributed by atoms with Crippen molar-refractivity contribution < 1.29 is 9.47 Å². The lowest BCUT2D eigenvalue weighted by Crippen LogP contribution is -2.44. The highest BCUT2D eigenvalue weighted by atomic mass is 16.7. The maximum atomic E-state index is 5.92. The Hall–Kier alpha value is -0.340. The molecule has 2 nitrogen and oxygen atoms in total. The molecule has 1 fully saturated rings. The lowest BCUT2D eigenvalue weighted by Gasteiger charge is -2.40. The molecule has 0 radical (unpaired) electrons. The van der Waals surface area contributed by atoms with Gasteiger partial charge in [-0.05, 0) is 32.6 Å². The van der Waals surface area contributed by atoms with Crippen LogP contribution >= 0.6 is 0 Å². The van der Waals surface area contributed by atoms with Gasteiger partial charge in [-0.15, -0.1) is 6.58 Å². The van der Waals surface area contributed by atoms with Gasteiger partial charge in [0.2, 0.25) is 0 Å². The maximum absolute atomic E-state index is 5.92. The van der Waals surface area contributed by atoms with Gasteiger partial charge in [0, 0.05) is 5.92 Å². The third kappa shape index (κ3) is 3.96. The zero-order valence-corrected chi connectivity index (χ0v) is 10.5. The zero-order chi connectivity index (χ0) is 11.5. The summed E-state index contributed by atoms with van der Waals surface area (Å²) in [6.07, 6.45) is 4.58. The molecule has 3 atom stereocenters. The number of hydrogen-bond acceptors (Lipinski definition) is 2. The number of rotatable bonds is 4. The molecule has 1 rings (SSSR count). The third-order valence-corrected chi connectivity index (χ3v) is 3.07. The van der Waals surface area contributed by atoms with Crippen LogP contribution in [0.2, 0.25) is 0 Å². The minimum absolute atomic E-state index is 0.330. The predicted octanol–water partition coefficient (Wildman–Crippen LogP) is 3.38. The molecule has 0 aromatic rings. The monoisotopic (exact) mass is 212 g/mol. The van der Waals surface area contributed by atoms with E-state index in [9.17, 15) is 0 Å². The summed E-state index contributed by atoms with van der Waals surface area (Å²) in [5.74, 6) is 0.663. The van der Waals surface area contributed by atoms with Crippen LogP contribution in [-0.4, -0.2) is 18.5 Å². The van der Waals surface area contributed by atoms with Gasteiger partial charge in [0.1, 0.15) is 0 Å². The first kappa shape index (κ1) is 12.7. The summed E-state index contributed by atoms with van der Waals surface area (Å²) < 4.78 is 11.5. The van der Waals surface area contributed by atoms with Gasteiger partial charge in [0.15, 0.2) is 5.79 Å². The molecule has 15 heavy (non-hydrogen) atoms. The van der Waals surface area contributed by atoms with Gasteiger partial charge >= 0.3 is 0 Å². The van der Waals surface area contributed by atoms with Crippen molar-refractivity contribution in [1.82, 2.24) is 0 Å². The van der Waals surface area contributed by atoms with Crippen LogP contribution in [-0.2, 0) is 9.47 Å². The molecule has 1 heterocycles. The summed E-state index contributed by atoms with van der Waals surface area (Å²) in [5.41, 5.74) is 0. The first-order chi connectivity index (χ1) is 6.94. The number of hydrogen-bond donors (Lipinski definition) is 0. The van der Waals surface area contributed by atoms with Gasteiger partial charge < -0.3 is 9.47 Å². The molecule has 0 amide bonds. The van der Waals surface area contributed by atoms with E-state index in [-0.39, 0.29) is 0 Å². The normalized spacial score (nSPS) is 32.3. The van der Waals surface area contributed by atoms with Crippen molar-refractivity contribution in [2.24, 2.45) is 11.8 Å². The Labute approximate surface area is 93.7 Å². The number of ether oxygens (including phenoxy) is 2. The first-order valence-corrected chi connectivity index (χ1v) is 5.89. The summed E-state index contributed by atoms with van der Waals surface area (Å²) >= 11 is 0. The third-order valence-electron chi connectivity index (χ3n) is 3.07. The molecule has 88 valence electrons. The Kier molecular flexibility index (Phi) is 4.35. The second-order valence-corrected chi connectivity index (χ2v) is 5.13. The van der Waals surface area contributed by atoms with E-state index < -0.39 is 5.79 Å². The lowest BCUT2D eigenvalue weighted by molar-refractivity contribution is -0.291. The molecule has 0 unspecified atom stereocenters. The summed E-state index contributed by atoms with van der Waals surface area (Å²) in [6, 6.07) is 0. The molecule has 0 aliphatic carbocycles. The van der Waals surface area contributed by atoms with Crippen LogP contribution in [0.15, 0.2) is 12.7 Å². The van der Waals surface area contributed by atoms with Gasteiger partial charge in [-0.1, -0.05) is 19.9 Å². The Morgan fingerprint density at radius 1 is 1.53 bits per heavy atom. The Balaban J connectivity index is 2.41. The van der Waals surface area contributed by atoms with Crippen LogP contribution in [0.5, 0.6) is 0 Å². The van der Waals surface area contributed by atoms with Crippen molar-refractivity contribution >= 4 is 0 Å². The molecule has 1 aliphatic rings. The minimum Gasteiger partial charge on any atom is -0.350 e. The SMILES string of the molecule is C=C[C@@H](C)CC[C@@H]1OC(C)(C)OC[C@H]1C. The zero-order valence-electron chi connectivity index (χ0n) is 10.5. The summed E-state index contributed by atoms with van der Waals surface area (Å²) in [7, 11) is 0. The largest absolute Gasteiger partial charge is 0.350 e. The van der Waals surface area contributed by atoms with Crippen molar-refractivity contribution in [1.29, 1.82) is 0 Å². The summed E-state index contributed by atoms with van der Waals surface area (Å²) in [6.45, 7) is 13.0. The molecule has 0 bridgehead atoms. The van der Waals surface area contributed by atoms with Gasteiger partial charge in [0.05, 0.1) is 12.7 Å². The van der Waals surface area contributed by atoms with E-state index in [1.165, 1.54) is 0 Å². The van der Waals surface area contributed by atoms with Crippen molar-refractivity contribution in [2.45, 2.75) is 52.4 Å². The molecular weight excluding hydrogens is 188 g/mol. The van der Waals surface area contributed by atoms with Crippen LogP contribution in [0.4, 0.5) is 0 Å². The fraction of sp³-hybridized carbons (Fsp3) is 0.846. The van der Waals surface area contributed by atoms with E-state index in [0.717, 1.165) is 19.4 Å². The maximum Gasteiger partial charge on any atom is 0.163 e. The van der Waals surface area contributed by atoms with E-state index in [0.29, 0.717) is 17.9 Å². The van der Waals surface area contributed by atoms with Gasteiger partial charge in [-0.2, -0.15) is 0 Å². The fourth-order valence-electron chi connectivity index (χ4n) is 1.84. The van der Waals surface area contributed by atoms with E-state index in [2.05, 4.69) is 20.4 Å². The van der Waals surface area contributed by atoms with E-state index in [1.807, 2.05) is 19.9 Å². The molecule has 2 heteroatoms. The molecule has 0 aromatic carbocycles. The van der Waals surface area contributed by atoms with Crippen LogP contribution in [0.3, 0.4) is 0 Å². The van der Waals surface area contributed by atoms with Gasteiger partial charge in [-0.3, -0.25) is 0 Å². The van der Waals surface area contributed by atoms with Crippen molar-refractivity contribution in [3.05, 3.63) is 12.7 Å².